The van der Waals surface area contributed by atoms with Gasteiger partial charge in [0.1, 0.15) is 0 Å². The molecule has 1 atom stereocenters. The standard InChI is InChI=1S/C6H14GeS2/c1-7(2,3)9-5-6-4-8-6/h6H,4-5H2,1-3H3. The third-order valence-corrected chi connectivity index (χ3v) is 10.2. The first-order chi connectivity index (χ1) is 4.08. The maximum atomic E-state index is 2.47. The molecule has 0 aromatic heterocycles. The molecular formula is C6H14GeS2. The van der Waals surface area contributed by atoms with Crippen molar-refractivity contribution in [2.45, 2.75) is 22.5 Å². The second-order valence-corrected chi connectivity index (χ2v) is 22.4. The Kier molecular flexibility index (Phi) is 2.87. The van der Waals surface area contributed by atoms with Crippen LogP contribution in [0, 0.1) is 0 Å². The predicted molar refractivity (Wildman–Crippen MR) is 52.1 cm³/mol. The van der Waals surface area contributed by atoms with E-state index in [0.717, 1.165) is 5.25 Å². The maximum absolute atomic E-state index is 2.47. The summed E-state index contributed by atoms with van der Waals surface area (Å²) in [6.07, 6.45) is 0. The Morgan fingerprint density at radius 2 is 2.11 bits per heavy atom. The molecule has 0 aliphatic carbocycles. The van der Waals surface area contributed by atoms with Crippen LogP contribution < -0.4 is 0 Å². The van der Waals surface area contributed by atoms with Crippen LogP contribution in [0.2, 0.25) is 17.3 Å². The predicted octanol–water partition coefficient (Wildman–Crippen LogP) is 2.67. The minimum atomic E-state index is -1.21. The Hall–Kier alpha value is 1.24. The van der Waals surface area contributed by atoms with E-state index in [4.69, 9.17) is 0 Å². The summed E-state index contributed by atoms with van der Waals surface area (Å²) in [5, 5.41) is 1.04. The van der Waals surface area contributed by atoms with Crippen LogP contribution in [0.15, 0.2) is 0 Å². The fourth-order valence-corrected chi connectivity index (χ4v) is 7.48. The molecular weight excluding hydrogens is 209 g/mol. The van der Waals surface area contributed by atoms with Gasteiger partial charge in [0.2, 0.25) is 0 Å². The van der Waals surface area contributed by atoms with E-state index in [1.165, 1.54) is 11.5 Å². The van der Waals surface area contributed by atoms with Crippen molar-refractivity contribution in [2.75, 3.05) is 11.5 Å². The fraction of sp³-hybridized carbons (Fsp3) is 1.00. The van der Waals surface area contributed by atoms with Crippen LogP contribution in [0.3, 0.4) is 0 Å². The first-order valence-corrected chi connectivity index (χ1v) is 14.2. The molecule has 0 N–H and O–H groups in total. The number of thioether (sulfide) groups is 1. The van der Waals surface area contributed by atoms with Crippen LogP contribution in [0.4, 0.5) is 0 Å². The molecule has 0 aromatic rings. The van der Waals surface area contributed by atoms with Crippen molar-refractivity contribution in [1.82, 2.24) is 0 Å². The number of hydrogen-bond donors (Lipinski definition) is 0. The van der Waals surface area contributed by atoms with Crippen LogP contribution in [0.25, 0.3) is 0 Å². The molecule has 0 spiro atoms. The zero-order valence-corrected chi connectivity index (χ0v) is 10.0. The molecule has 1 heterocycles. The SMILES string of the molecule is [CH3][Ge]([CH3])([CH3])[S]CC1CS1. The molecule has 9 heavy (non-hydrogen) atoms. The van der Waals surface area contributed by atoms with E-state index >= 15 is 0 Å². The Balaban J connectivity index is 2.03. The van der Waals surface area contributed by atoms with E-state index in [2.05, 4.69) is 39.1 Å². The third kappa shape index (κ3) is 4.62. The molecule has 1 unspecified atom stereocenters. The van der Waals surface area contributed by atoms with Gasteiger partial charge in [-0.2, -0.15) is 0 Å². The molecule has 0 nitrogen and oxygen atoms in total. The molecule has 0 saturated carbocycles. The summed E-state index contributed by atoms with van der Waals surface area (Å²) in [7, 11) is 2.27. The van der Waals surface area contributed by atoms with Crippen molar-refractivity contribution in [3.63, 3.8) is 0 Å². The molecule has 0 amide bonds. The van der Waals surface area contributed by atoms with Gasteiger partial charge in [0.15, 0.2) is 0 Å². The van der Waals surface area contributed by atoms with Crippen molar-refractivity contribution < 1.29 is 0 Å². The van der Waals surface area contributed by atoms with Crippen LogP contribution in [-0.4, -0.2) is 28.9 Å². The summed E-state index contributed by atoms with van der Waals surface area (Å²) in [5.41, 5.74) is 0. The monoisotopic (exact) mass is 224 g/mol. The first-order valence-electron chi connectivity index (χ1n) is 3.33. The average Bonchev–Trinajstić information content (AvgIpc) is 2.38. The second-order valence-electron chi connectivity index (χ2n) is 3.38. The van der Waals surface area contributed by atoms with Crippen LogP contribution >= 0.6 is 21.8 Å². The van der Waals surface area contributed by atoms with Crippen molar-refractivity contribution in [3.8, 4) is 0 Å². The summed E-state index contributed by atoms with van der Waals surface area (Å²) in [6, 6.07) is 0. The van der Waals surface area contributed by atoms with E-state index in [1.807, 2.05) is 0 Å². The molecule has 54 valence electrons. The zero-order valence-electron chi connectivity index (χ0n) is 6.31. The second kappa shape index (κ2) is 3.10. The zero-order chi connectivity index (χ0) is 6.91. The van der Waals surface area contributed by atoms with Gasteiger partial charge >= 0.3 is 68.0 Å². The molecule has 1 aliphatic heterocycles. The van der Waals surface area contributed by atoms with Gasteiger partial charge in [-0.25, -0.2) is 0 Å². The number of hydrogen-bond acceptors (Lipinski definition) is 2. The van der Waals surface area contributed by atoms with Crippen molar-refractivity contribution in [1.29, 1.82) is 0 Å². The Labute approximate surface area is 67.9 Å². The molecule has 0 aromatic carbocycles. The normalized spacial score (nSPS) is 26.3. The topological polar surface area (TPSA) is 0 Å². The van der Waals surface area contributed by atoms with E-state index < -0.39 is 12.1 Å². The van der Waals surface area contributed by atoms with Crippen LogP contribution in [-0.2, 0) is 0 Å². The van der Waals surface area contributed by atoms with Gasteiger partial charge in [0, 0.05) is 0 Å². The Morgan fingerprint density at radius 1 is 1.56 bits per heavy atom. The summed E-state index contributed by atoms with van der Waals surface area (Å²) < 4.78 is 0. The van der Waals surface area contributed by atoms with E-state index in [9.17, 15) is 0 Å². The molecule has 0 bridgehead atoms. The quantitative estimate of drug-likeness (QED) is 0.532. The molecule has 1 aliphatic rings. The van der Waals surface area contributed by atoms with Crippen LogP contribution in [0.5, 0.6) is 0 Å². The third-order valence-electron chi connectivity index (χ3n) is 1.10. The molecule has 1 rings (SSSR count). The average molecular weight is 223 g/mol. The van der Waals surface area contributed by atoms with Gasteiger partial charge < -0.3 is 0 Å². The van der Waals surface area contributed by atoms with Gasteiger partial charge in [-0.05, 0) is 0 Å². The summed E-state index contributed by atoms with van der Waals surface area (Å²) in [5.74, 6) is 10.3. The van der Waals surface area contributed by atoms with Crippen LogP contribution in [0.1, 0.15) is 0 Å². The van der Waals surface area contributed by atoms with Gasteiger partial charge in [-0.3, -0.25) is 0 Å². The fourth-order valence-electron chi connectivity index (χ4n) is 0.507. The van der Waals surface area contributed by atoms with E-state index in [-0.39, 0.29) is 0 Å². The Morgan fingerprint density at radius 3 is 2.44 bits per heavy atom. The van der Waals surface area contributed by atoms with Crippen molar-refractivity contribution in [3.05, 3.63) is 0 Å². The summed E-state index contributed by atoms with van der Waals surface area (Å²) in [4.78, 5) is 0. The first kappa shape index (κ1) is 8.34. The van der Waals surface area contributed by atoms with E-state index in [0.29, 0.717) is 0 Å². The summed E-state index contributed by atoms with van der Waals surface area (Å²) in [6.45, 7) is 0. The molecule has 1 fully saturated rings. The number of rotatable bonds is 3. The minimum absolute atomic E-state index is 1.04. The molecule has 3 heteroatoms. The van der Waals surface area contributed by atoms with Crippen molar-refractivity contribution >= 4 is 34.0 Å². The van der Waals surface area contributed by atoms with E-state index in [1.54, 1.807) is 0 Å². The van der Waals surface area contributed by atoms with Gasteiger partial charge in [-0.15, -0.1) is 0 Å². The van der Waals surface area contributed by atoms with Gasteiger partial charge in [0.05, 0.1) is 0 Å². The Bertz CT molecular complexity index is 93.7. The van der Waals surface area contributed by atoms with Gasteiger partial charge in [0.25, 0.3) is 0 Å². The van der Waals surface area contributed by atoms with Gasteiger partial charge in [-0.1, -0.05) is 0 Å². The molecule has 0 radical (unpaired) electrons. The molecule has 1 saturated heterocycles. The van der Waals surface area contributed by atoms with Crippen molar-refractivity contribution in [2.24, 2.45) is 0 Å². The summed E-state index contributed by atoms with van der Waals surface area (Å²) >= 11 is 0.903.